The van der Waals surface area contributed by atoms with E-state index in [1.54, 1.807) is 19.2 Å². The molecular formula is C8H11N3O3. The molecule has 0 spiro atoms. The minimum atomic E-state index is -0.501. The van der Waals surface area contributed by atoms with Crippen molar-refractivity contribution in [2.75, 3.05) is 24.4 Å². The SMILES string of the molecule is CNc1ccc(NCO)c([N+](=O)[O-])c1. The Hall–Kier alpha value is -1.82. The number of aliphatic hydroxyl groups is 1. The van der Waals surface area contributed by atoms with E-state index in [4.69, 9.17) is 5.11 Å². The van der Waals surface area contributed by atoms with Gasteiger partial charge in [0.2, 0.25) is 0 Å². The number of nitro benzene ring substituents is 1. The third-order valence-corrected chi connectivity index (χ3v) is 1.75. The van der Waals surface area contributed by atoms with Crippen molar-refractivity contribution in [1.82, 2.24) is 0 Å². The zero-order chi connectivity index (χ0) is 10.6. The number of aliphatic hydroxyl groups excluding tert-OH is 1. The molecule has 1 aromatic carbocycles. The van der Waals surface area contributed by atoms with Gasteiger partial charge in [-0.15, -0.1) is 0 Å². The second-order valence-electron chi connectivity index (χ2n) is 2.57. The van der Waals surface area contributed by atoms with Crippen LogP contribution < -0.4 is 10.6 Å². The van der Waals surface area contributed by atoms with Gasteiger partial charge in [-0.1, -0.05) is 0 Å². The summed E-state index contributed by atoms with van der Waals surface area (Å²) in [6.45, 7) is -0.334. The molecule has 0 radical (unpaired) electrons. The predicted octanol–water partition coefficient (Wildman–Crippen LogP) is 0.998. The zero-order valence-corrected chi connectivity index (χ0v) is 7.65. The van der Waals surface area contributed by atoms with Crippen LogP contribution in [-0.2, 0) is 0 Å². The van der Waals surface area contributed by atoms with Crippen LogP contribution in [0.4, 0.5) is 17.1 Å². The first-order valence-electron chi connectivity index (χ1n) is 4.00. The number of hydrogen-bond acceptors (Lipinski definition) is 5. The molecule has 0 bridgehead atoms. The minimum absolute atomic E-state index is 0.0640. The fourth-order valence-electron chi connectivity index (χ4n) is 1.07. The van der Waals surface area contributed by atoms with Crippen molar-refractivity contribution in [1.29, 1.82) is 0 Å². The zero-order valence-electron chi connectivity index (χ0n) is 7.65. The molecule has 0 amide bonds. The highest BCUT2D eigenvalue weighted by Gasteiger charge is 2.13. The number of nitro groups is 1. The highest BCUT2D eigenvalue weighted by molar-refractivity contribution is 5.67. The van der Waals surface area contributed by atoms with Crippen LogP contribution in [0.1, 0.15) is 0 Å². The maximum Gasteiger partial charge on any atom is 0.294 e. The molecule has 14 heavy (non-hydrogen) atoms. The van der Waals surface area contributed by atoms with Gasteiger partial charge in [-0.05, 0) is 12.1 Å². The Bertz CT molecular complexity index is 341. The standard InChI is InChI=1S/C8H11N3O3/c1-9-6-2-3-7(10-5-12)8(4-6)11(13)14/h2-4,9-10,12H,5H2,1H3. The van der Waals surface area contributed by atoms with Crippen LogP contribution in [0.2, 0.25) is 0 Å². The van der Waals surface area contributed by atoms with Gasteiger partial charge in [0.05, 0.1) is 4.92 Å². The summed E-state index contributed by atoms with van der Waals surface area (Å²) >= 11 is 0. The molecule has 0 saturated carbocycles. The highest BCUT2D eigenvalue weighted by atomic mass is 16.6. The maximum atomic E-state index is 10.6. The molecular weight excluding hydrogens is 186 g/mol. The number of benzene rings is 1. The van der Waals surface area contributed by atoms with E-state index in [9.17, 15) is 10.1 Å². The van der Waals surface area contributed by atoms with Gasteiger partial charge in [0.1, 0.15) is 12.4 Å². The van der Waals surface area contributed by atoms with E-state index in [1.165, 1.54) is 6.07 Å². The van der Waals surface area contributed by atoms with Crippen LogP contribution in [0.3, 0.4) is 0 Å². The second-order valence-corrected chi connectivity index (χ2v) is 2.57. The number of hydrogen-bond donors (Lipinski definition) is 3. The fourth-order valence-corrected chi connectivity index (χ4v) is 1.07. The van der Waals surface area contributed by atoms with Gasteiger partial charge in [0, 0.05) is 18.8 Å². The van der Waals surface area contributed by atoms with Crippen molar-refractivity contribution < 1.29 is 10.0 Å². The van der Waals surface area contributed by atoms with E-state index in [0.29, 0.717) is 11.4 Å². The Labute approximate surface area is 80.7 Å². The highest BCUT2D eigenvalue weighted by Crippen LogP contribution is 2.27. The largest absolute Gasteiger partial charge is 0.388 e. The van der Waals surface area contributed by atoms with Crippen molar-refractivity contribution in [3.63, 3.8) is 0 Å². The van der Waals surface area contributed by atoms with Gasteiger partial charge < -0.3 is 15.7 Å². The number of nitrogens with one attached hydrogen (secondary N) is 2. The minimum Gasteiger partial charge on any atom is -0.388 e. The normalized spacial score (nSPS) is 9.57. The summed E-state index contributed by atoms with van der Waals surface area (Å²) in [5.74, 6) is 0. The van der Waals surface area contributed by atoms with Crippen LogP contribution in [0.15, 0.2) is 18.2 Å². The van der Waals surface area contributed by atoms with Crippen LogP contribution in [0.25, 0.3) is 0 Å². The lowest BCUT2D eigenvalue weighted by atomic mass is 10.2. The van der Waals surface area contributed by atoms with Crippen molar-refractivity contribution in [2.45, 2.75) is 0 Å². The second kappa shape index (κ2) is 4.43. The summed E-state index contributed by atoms with van der Waals surface area (Å²) in [7, 11) is 1.68. The average Bonchev–Trinajstić information content (AvgIpc) is 2.18. The van der Waals surface area contributed by atoms with E-state index in [2.05, 4.69) is 10.6 Å². The molecule has 0 saturated heterocycles. The van der Waals surface area contributed by atoms with Gasteiger partial charge in [-0.25, -0.2) is 0 Å². The molecule has 0 heterocycles. The molecule has 0 aliphatic rings. The molecule has 0 unspecified atom stereocenters. The van der Waals surface area contributed by atoms with Crippen molar-refractivity contribution in [2.24, 2.45) is 0 Å². The van der Waals surface area contributed by atoms with Gasteiger partial charge in [0.25, 0.3) is 5.69 Å². The van der Waals surface area contributed by atoms with E-state index in [-0.39, 0.29) is 12.4 Å². The summed E-state index contributed by atoms with van der Waals surface area (Å²) in [4.78, 5) is 10.1. The van der Waals surface area contributed by atoms with Crippen LogP contribution >= 0.6 is 0 Å². The maximum absolute atomic E-state index is 10.6. The van der Waals surface area contributed by atoms with Crippen LogP contribution in [-0.4, -0.2) is 23.8 Å². The van der Waals surface area contributed by atoms with E-state index < -0.39 is 4.92 Å². The first-order valence-corrected chi connectivity index (χ1v) is 4.00. The Balaban J connectivity index is 3.10. The van der Waals surface area contributed by atoms with Crippen LogP contribution in [0, 0.1) is 10.1 Å². The summed E-state index contributed by atoms with van der Waals surface area (Å²) in [6, 6.07) is 4.63. The van der Waals surface area contributed by atoms with Gasteiger partial charge in [0.15, 0.2) is 0 Å². The first kappa shape index (κ1) is 10.3. The lowest BCUT2D eigenvalue weighted by Crippen LogP contribution is -2.03. The summed E-state index contributed by atoms with van der Waals surface area (Å²) < 4.78 is 0. The van der Waals surface area contributed by atoms with Crippen molar-refractivity contribution in [3.8, 4) is 0 Å². The molecule has 0 aliphatic heterocycles. The first-order chi connectivity index (χ1) is 6.69. The lowest BCUT2D eigenvalue weighted by molar-refractivity contribution is -0.383. The van der Waals surface area contributed by atoms with Gasteiger partial charge in [-0.3, -0.25) is 10.1 Å². The monoisotopic (exact) mass is 197 g/mol. The molecule has 3 N–H and O–H groups in total. The molecule has 6 heteroatoms. The molecule has 6 nitrogen and oxygen atoms in total. The molecule has 0 atom stereocenters. The van der Waals surface area contributed by atoms with E-state index in [0.717, 1.165) is 0 Å². The smallest absolute Gasteiger partial charge is 0.294 e. The summed E-state index contributed by atoms with van der Waals surface area (Å²) in [6.07, 6.45) is 0. The number of anilines is 2. The number of nitrogens with zero attached hydrogens (tertiary/aromatic N) is 1. The van der Waals surface area contributed by atoms with Crippen molar-refractivity contribution >= 4 is 17.1 Å². The van der Waals surface area contributed by atoms with E-state index in [1.807, 2.05) is 0 Å². The Kier molecular flexibility index (Phi) is 3.24. The topological polar surface area (TPSA) is 87.4 Å². The average molecular weight is 197 g/mol. The Morgan fingerprint density at radius 3 is 2.79 bits per heavy atom. The third kappa shape index (κ3) is 2.11. The number of rotatable bonds is 4. The Morgan fingerprint density at radius 1 is 1.57 bits per heavy atom. The fraction of sp³-hybridized carbons (Fsp3) is 0.250. The quantitative estimate of drug-likeness (QED) is 0.380. The Morgan fingerprint density at radius 2 is 2.29 bits per heavy atom. The molecule has 0 fully saturated rings. The van der Waals surface area contributed by atoms with Gasteiger partial charge >= 0.3 is 0 Å². The molecule has 76 valence electrons. The van der Waals surface area contributed by atoms with Crippen LogP contribution in [0.5, 0.6) is 0 Å². The summed E-state index contributed by atoms with van der Waals surface area (Å²) in [5.41, 5.74) is 0.891. The van der Waals surface area contributed by atoms with Gasteiger partial charge in [-0.2, -0.15) is 0 Å². The molecule has 1 aromatic rings. The lowest BCUT2D eigenvalue weighted by Gasteiger charge is -2.05. The van der Waals surface area contributed by atoms with Crippen molar-refractivity contribution in [3.05, 3.63) is 28.3 Å². The third-order valence-electron chi connectivity index (χ3n) is 1.75. The summed E-state index contributed by atoms with van der Waals surface area (Å²) in [5, 5.41) is 24.5. The molecule has 0 aliphatic carbocycles. The predicted molar refractivity (Wildman–Crippen MR) is 53.4 cm³/mol. The molecule has 1 rings (SSSR count). The molecule has 0 aromatic heterocycles. The van der Waals surface area contributed by atoms with E-state index >= 15 is 0 Å².